The topological polar surface area (TPSA) is 62.3 Å². The van der Waals surface area contributed by atoms with Gasteiger partial charge in [0.2, 0.25) is 5.78 Å². The van der Waals surface area contributed by atoms with Crippen molar-refractivity contribution in [3.8, 4) is 0 Å². The molecule has 1 N–H and O–H groups in total. The van der Waals surface area contributed by atoms with Gasteiger partial charge in [0.25, 0.3) is 0 Å². The molecule has 4 rings (SSSR count). The zero-order valence-corrected chi connectivity index (χ0v) is 9.88. The molecular formula is C13H12N2O3. The summed E-state index contributed by atoms with van der Waals surface area (Å²) in [5, 5.41) is 9.55. The number of ketones is 2. The fourth-order valence-corrected chi connectivity index (χ4v) is 3.41. The molecule has 5 heteroatoms. The Morgan fingerprint density at radius 3 is 2.78 bits per heavy atom. The molecule has 0 bridgehead atoms. The quantitative estimate of drug-likeness (QED) is 0.721. The van der Waals surface area contributed by atoms with Crippen LogP contribution < -0.4 is 0 Å². The number of likely N-dealkylation sites (N-methyl/N-ethyl adjacent to an activating group) is 1. The van der Waals surface area contributed by atoms with Gasteiger partial charge in [0.05, 0.1) is 18.2 Å². The number of allylic oxidation sites excluding steroid dienone is 2. The van der Waals surface area contributed by atoms with Gasteiger partial charge in [-0.2, -0.15) is 0 Å². The van der Waals surface area contributed by atoms with Gasteiger partial charge in [0, 0.05) is 23.8 Å². The molecule has 0 radical (unpaired) electrons. The van der Waals surface area contributed by atoms with Crippen molar-refractivity contribution in [2.24, 2.45) is 0 Å². The Morgan fingerprint density at radius 2 is 2.06 bits per heavy atom. The molecule has 2 aliphatic heterocycles. The van der Waals surface area contributed by atoms with Crippen molar-refractivity contribution in [3.05, 3.63) is 34.7 Å². The molecule has 1 aliphatic carbocycles. The molecule has 5 nitrogen and oxygen atoms in total. The third-order valence-corrected chi connectivity index (χ3v) is 4.32. The Labute approximate surface area is 103 Å². The summed E-state index contributed by atoms with van der Waals surface area (Å²) in [5.74, 6) is -0.301. The van der Waals surface area contributed by atoms with E-state index in [9.17, 15) is 14.7 Å². The van der Waals surface area contributed by atoms with E-state index in [0.717, 1.165) is 12.2 Å². The van der Waals surface area contributed by atoms with Crippen LogP contribution >= 0.6 is 0 Å². The van der Waals surface area contributed by atoms with Gasteiger partial charge < -0.3 is 9.67 Å². The molecule has 3 heterocycles. The van der Waals surface area contributed by atoms with Crippen LogP contribution in [-0.2, 0) is 13.2 Å². The van der Waals surface area contributed by atoms with Crippen molar-refractivity contribution >= 4 is 11.6 Å². The molecule has 0 saturated carbocycles. The molecule has 1 fully saturated rings. The maximum absolute atomic E-state index is 12.0. The zero-order chi connectivity index (χ0) is 12.6. The minimum Gasteiger partial charge on any atom is -0.392 e. The van der Waals surface area contributed by atoms with Gasteiger partial charge in [-0.15, -0.1) is 0 Å². The molecule has 3 atom stereocenters. The highest BCUT2D eigenvalue weighted by Crippen LogP contribution is 2.51. The highest BCUT2D eigenvalue weighted by atomic mass is 16.3. The summed E-state index contributed by atoms with van der Waals surface area (Å²) in [6.45, 7) is 0.556. The monoisotopic (exact) mass is 244 g/mol. The van der Waals surface area contributed by atoms with Gasteiger partial charge in [-0.3, -0.25) is 14.5 Å². The second-order valence-electron chi connectivity index (χ2n) is 5.10. The molecule has 18 heavy (non-hydrogen) atoms. The number of rotatable bonds is 1. The smallest absolute Gasteiger partial charge is 0.203 e. The van der Waals surface area contributed by atoms with E-state index in [4.69, 9.17) is 0 Å². The molecular weight excluding hydrogens is 232 g/mol. The summed E-state index contributed by atoms with van der Waals surface area (Å²) in [4.78, 5) is 26.1. The Hall–Kier alpha value is -1.72. The number of fused-ring (bicyclic) bond motifs is 5. The van der Waals surface area contributed by atoms with Gasteiger partial charge in [0.15, 0.2) is 5.78 Å². The van der Waals surface area contributed by atoms with Crippen molar-refractivity contribution in [1.82, 2.24) is 9.47 Å². The van der Waals surface area contributed by atoms with Crippen molar-refractivity contribution in [2.45, 2.75) is 25.2 Å². The predicted molar refractivity (Wildman–Crippen MR) is 62.4 cm³/mol. The van der Waals surface area contributed by atoms with E-state index in [2.05, 4.69) is 4.90 Å². The number of aliphatic hydroxyl groups is 1. The number of carbonyl (C=O) groups is 2. The lowest BCUT2D eigenvalue weighted by Gasteiger charge is -2.10. The lowest BCUT2D eigenvalue weighted by Crippen LogP contribution is -2.17. The zero-order valence-electron chi connectivity index (χ0n) is 9.88. The first-order valence-corrected chi connectivity index (χ1v) is 6.00. The third-order valence-electron chi connectivity index (χ3n) is 4.32. The number of carbonyl (C=O) groups excluding carboxylic acids is 2. The summed E-state index contributed by atoms with van der Waals surface area (Å²) in [5.41, 5.74) is 2.49. The van der Waals surface area contributed by atoms with E-state index >= 15 is 0 Å². The Bertz CT molecular complexity index is 622. The average molecular weight is 244 g/mol. The van der Waals surface area contributed by atoms with Crippen molar-refractivity contribution in [2.75, 3.05) is 7.05 Å². The lowest BCUT2D eigenvalue weighted by molar-refractivity contribution is 0.0987. The third kappa shape index (κ3) is 0.958. The number of aliphatic hydroxyl groups excluding tert-OH is 1. The minimum atomic E-state index is -0.186. The van der Waals surface area contributed by atoms with Crippen LogP contribution in [0.25, 0.3) is 0 Å². The van der Waals surface area contributed by atoms with E-state index < -0.39 is 0 Å². The summed E-state index contributed by atoms with van der Waals surface area (Å²) >= 11 is 0. The molecule has 0 amide bonds. The fraction of sp³-hybridized carbons (Fsp3) is 0.385. The second kappa shape index (κ2) is 2.99. The van der Waals surface area contributed by atoms with Gasteiger partial charge in [-0.1, -0.05) is 0 Å². The summed E-state index contributed by atoms with van der Waals surface area (Å²) in [6, 6.07) is 0.683. The second-order valence-corrected chi connectivity index (χ2v) is 5.10. The van der Waals surface area contributed by atoms with Crippen LogP contribution in [-0.4, -0.2) is 39.2 Å². The average Bonchev–Trinajstić information content (AvgIpc) is 2.76. The van der Waals surface area contributed by atoms with Crippen LogP contribution in [0.1, 0.15) is 38.1 Å². The van der Waals surface area contributed by atoms with Gasteiger partial charge >= 0.3 is 0 Å². The first kappa shape index (κ1) is 10.2. The predicted octanol–water partition coefficient (Wildman–Crippen LogP) is 0.284. The molecule has 1 aromatic rings. The summed E-state index contributed by atoms with van der Waals surface area (Å²) in [6.07, 6.45) is 2.63. The number of nitrogens with zero attached hydrogens (tertiary/aromatic N) is 2. The summed E-state index contributed by atoms with van der Waals surface area (Å²) < 4.78 is 1.93. The van der Waals surface area contributed by atoms with Crippen LogP contribution in [0.15, 0.2) is 12.2 Å². The molecule has 1 saturated heterocycles. The lowest BCUT2D eigenvalue weighted by atomic mass is 9.97. The van der Waals surface area contributed by atoms with Gasteiger partial charge in [-0.05, 0) is 19.2 Å². The Balaban J connectivity index is 2.02. The number of hydrogen-bond acceptors (Lipinski definition) is 4. The van der Waals surface area contributed by atoms with Crippen molar-refractivity contribution in [3.63, 3.8) is 0 Å². The first-order chi connectivity index (χ1) is 8.65. The van der Waals surface area contributed by atoms with E-state index in [1.54, 1.807) is 0 Å². The Kier molecular flexibility index (Phi) is 1.70. The molecule has 3 aliphatic rings. The molecule has 1 unspecified atom stereocenters. The van der Waals surface area contributed by atoms with Crippen LogP contribution in [0.5, 0.6) is 0 Å². The normalized spacial score (nSPS) is 31.3. The highest BCUT2D eigenvalue weighted by molar-refractivity contribution is 6.22. The standard InChI is InChI=1S/C13H12N2O3/c1-14-7-4-15-11(12(7)14)6(5-16)10-8(17)2-3-9(18)13(10)15/h2-3,7,12,16H,4-5H2,1H3/t7-,12-,14?/m0/s1. The fourth-order valence-electron chi connectivity index (χ4n) is 3.41. The van der Waals surface area contributed by atoms with Crippen LogP contribution in [0.2, 0.25) is 0 Å². The maximum atomic E-state index is 12.0. The summed E-state index contributed by atoms with van der Waals surface area (Å²) in [7, 11) is 2.02. The van der Waals surface area contributed by atoms with Crippen LogP contribution in [0.4, 0.5) is 0 Å². The van der Waals surface area contributed by atoms with E-state index in [1.165, 1.54) is 12.2 Å². The largest absolute Gasteiger partial charge is 0.392 e. The van der Waals surface area contributed by atoms with Gasteiger partial charge in [0.1, 0.15) is 5.69 Å². The maximum Gasteiger partial charge on any atom is 0.203 e. The molecule has 1 aromatic heterocycles. The van der Waals surface area contributed by atoms with Gasteiger partial charge in [-0.25, -0.2) is 0 Å². The van der Waals surface area contributed by atoms with Crippen LogP contribution in [0, 0.1) is 0 Å². The first-order valence-electron chi connectivity index (χ1n) is 6.00. The van der Waals surface area contributed by atoms with Crippen LogP contribution in [0.3, 0.4) is 0 Å². The van der Waals surface area contributed by atoms with E-state index in [0.29, 0.717) is 22.9 Å². The van der Waals surface area contributed by atoms with Crippen molar-refractivity contribution in [1.29, 1.82) is 0 Å². The number of aromatic nitrogens is 1. The minimum absolute atomic E-state index is 0.130. The Morgan fingerprint density at radius 1 is 1.33 bits per heavy atom. The van der Waals surface area contributed by atoms with E-state index in [1.807, 2.05) is 11.6 Å². The SMILES string of the molecule is CN1[C@@H]2c3c(CO)c4c(n3C[C@@H]21)C(=O)C=CC4=O. The van der Waals surface area contributed by atoms with E-state index in [-0.39, 0.29) is 24.2 Å². The molecule has 0 aromatic carbocycles. The van der Waals surface area contributed by atoms with Crippen molar-refractivity contribution < 1.29 is 14.7 Å². The molecule has 0 spiro atoms. The highest BCUT2D eigenvalue weighted by Gasteiger charge is 2.55. The number of hydrogen-bond donors (Lipinski definition) is 1. The molecule has 92 valence electrons.